The van der Waals surface area contributed by atoms with Crippen molar-refractivity contribution in [1.82, 2.24) is 15.0 Å². The second-order valence-corrected chi connectivity index (χ2v) is 5.54. The number of nitrogens with one attached hydrogen (secondary N) is 2. The second-order valence-electron chi connectivity index (χ2n) is 5.54. The lowest BCUT2D eigenvalue weighted by Crippen LogP contribution is -2.23. The fraction of sp³-hybridized carbons (Fsp3) is 0.438. The van der Waals surface area contributed by atoms with Crippen molar-refractivity contribution >= 4 is 17.6 Å². The van der Waals surface area contributed by atoms with Crippen molar-refractivity contribution in [2.45, 2.75) is 45.1 Å². The van der Waals surface area contributed by atoms with Crippen molar-refractivity contribution in [1.29, 1.82) is 0 Å². The van der Waals surface area contributed by atoms with E-state index in [2.05, 4.69) is 25.6 Å². The summed E-state index contributed by atoms with van der Waals surface area (Å²) in [7, 11) is 0. The van der Waals surface area contributed by atoms with E-state index in [4.69, 9.17) is 0 Å². The summed E-state index contributed by atoms with van der Waals surface area (Å²) < 4.78 is 0. The summed E-state index contributed by atoms with van der Waals surface area (Å²) in [5.41, 5.74) is 0.946. The zero-order valence-corrected chi connectivity index (χ0v) is 12.3. The molecule has 2 N–H and O–H groups in total. The largest absolute Gasteiger partial charge is 0.367 e. The van der Waals surface area contributed by atoms with E-state index in [0.717, 1.165) is 17.3 Å². The summed E-state index contributed by atoms with van der Waals surface area (Å²) in [5, 5.41) is 6.69. The highest BCUT2D eigenvalue weighted by Gasteiger charge is 2.14. The average Bonchev–Trinajstić information content (AvgIpc) is 2.48. The second kappa shape index (κ2) is 6.52. The molecule has 1 fully saturated rings. The first-order valence-electron chi connectivity index (χ1n) is 7.60. The molecule has 0 atom stereocenters. The highest BCUT2D eigenvalue weighted by molar-refractivity contribution is 5.51. The van der Waals surface area contributed by atoms with Gasteiger partial charge in [-0.25, -0.2) is 9.97 Å². The summed E-state index contributed by atoms with van der Waals surface area (Å²) >= 11 is 0. The van der Waals surface area contributed by atoms with E-state index in [-0.39, 0.29) is 0 Å². The standard InChI is InChI=1S/C16H21N5/c1-12-11-15(19-13-7-3-2-4-8-13)21-16(18-12)20-14-9-5-6-10-17-14/h5-6,9-11,13H,2-4,7-8H2,1H3,(H2,17,18,19,20,21). The van der Waals surface area contributed by atoms with Crippen LogP contribution >= 0.6 is 0 Å². The zero-order chi connectivity index (χ0) is 14.5. The normalized spacial score (nSPS) is 15.7. The maximum atomic E-state index is 4.55. The Kier molecular flexibility index (Phi) is 4.28. The molecule has 0 unspecified atom stereocenters. The Morgan fingerprint density at radius 3 is 2.67 bits per heavy atom. The number of aromatic nitrogens is 3. The van der Waals surface area contributed by atoms with Crippen LogP contribution in [0.4, 0.5) is 17.6 Å². The van der Waals surface area contributed by atoms with Gasteiger partial charge in [0.05, 0.1) is 0 Å². The Balaban J connectivity index is 1.73. The zero-order valence-electron chi connectivity index (χ0n) is 12.3. The number of hydrogen-bond donors (Lipinski definition) is 2. The lowest BCUT2D eigenvalue weighted by atomic mass is 9.95. The number of hydrogen-bond acceptors (Lipinski definition) is 5. The van der Waals surface area contributed by atoms with Crippen LogP contribution in [0.3, 0.4) is 0 Å². The van der Waals surface area contributed by atoms with Crippen LogP contribution in [0.1, 0.15) is 37.8 Å². The van der Waals surface area contributed by atoms with Gasteiger partial charge < -0.3 is 10.6 Å². The molecule has 0 aromatic carbocycles. The van der Waals surface area contributed by atoms with E-state index < -0.39 is 0 Å². The van der Waals surface area contributed by atoms with Gasteiger partial charge in [0, 0.05) is 24.0 Å². The van der Waals surface area contributed by atoms with Crippen LogP contribution in [-0.4, -0.2) is 21.0 Å². The van der Waals surface area contributed by atoms with Gasteiger partial charge in [-0.3, -0.25) is 0 Å². The summed E-state index contributed by atoms with van der Waals surface area (Å²) in [5.74, 6) is 2.24. The predicted molar refractivity (Wildman–Crippen MR) is 84.8 cm³/mol. The molecule has 5 heteroatoms. The fourth-order valence-corrected chi connectivity index (χ4v) is 2.71. The molecule has 21 heavy (non-hydrogen) atoms. The molecule has 0 amide bonds. The molecule has 5 nitrogen and oxygen atoms in total. The van der Waals surface area contributed by atoms with Crippen molar-refractivity contribution in [3.8, 4) is 0 Å². The third kappa shape index (κ3) is 3.90. The van der Waals surface area contributed by atoms with Crippen molar-refractivity contribution < 1.29 is 0 Å². The predicted octanol–water partition coefficient (Wildman–Crippen LogP) is 3.67. The van der Waals surface area contributed by atoms with E-state index >= 15 is 0 Å². The minimum Gasteiger partial charge on any atom is -0.367 e. The first-order valence-corrected chi connectivity index (χ1v) is 7.60. The molecule has 0 spiro atoms. The molecule has 2 aromatic heterocycles. The highest BCUT2D eigenvalue weighted by Crippen LogP contribution is 2.22. The minimum absolute atomic E-state index is 0.538. The smallest absolute Gasteiger partial charge is 0.230 e. The van der Waals surface area contributed by atoms with Crippen LogP contribution in [-0.2, 0) is 0 Å². The van der Waals surface area contributed by atoms with Crippen molar-refractivity contribution in [2.24, 2.45) is 0 Å². The van der Waals surface area contributed by atoms with E-state index in [0.29, 0.717) is 12.0 Å². The number of aryl methyl sites for hydroxylation is 1. The maximum Gasteiger partial charge on any atom is 0.230 e. The monoisotopic (exact) mass is 283 g/mol. The van der Waals surface area contributed by atoms with Gasteiger partial charge in [-0.1, -0.05) is 25.3 Å². The molecule has 0 radical (unpaired) electrons. The summed E-state index contributed by atoms with van der Waals surface area (Å²) in [4.78, 5) is 13.2. The number of pyridine rings is 1. The van der Waals surface area contributed by atoms with Gasteiger partial charge in [-0.05, 0) is 31.9 Å². The molecule has 3 rings (SSSR count). The summed E-state index contributed by atoms with van der Waals surface area (Å²) in [6.45, 7) is 1.98. The number of anilines is 3. The Hall–Kier alpha value is -2.17. The molecule has 2 aromatic rings. The van der Waals surface area contributed by atoms with Gasteiger partial charge in [-0.2, -0.15) is 4.98 Å². The summed E-state index contributed by atoms with van der Waals surface area (Å²) in [6, 6.07) is 8.26. The van der Waals surface area contributed by atoms with Gasteiger partial charge >= 0.3 is 0 Å². The van der Waals surface area contributed by atoms with Gasteiger partial charge in [0.2, 0.25) is 5.95 Å². The molecular formula is C16H21N5. The van der Waals surface area contributed by atoms with Crippen molar-refractivity contribution in [2.75, 3.05) is 10.6 Å². The third-order valence-electron chi connectivity index (χ3n) is 3.72. The maximum absolute atomic E-state index is 4.55. The Labute approximate surface area is 125 Å². The van der Waals surface area contributed by atoms with E-state index in [1.807, 2.05) is 31.2 Å². The van der Waals surface area contributed by atoms with Gasteiger partial charge in [0.25, 0.3) is 0 Å². The lowest BCUT2D eigenvalue weighted by molar-refractivity contribution is 0.462. The highest BCUT2D eigenvalue weighted by atomic mass is 15.2. The SMILES string of the molecule is Cc1cc(NC2CCCCC2)nc(Nc2ccccn2)n1. The van der Waals surface area contributed by atoms with Gasteiger partial charge in [0.1, 0.15) is 11.6 Å². The van der Waals surface area contributed by atoms with Crippen LogP contribution in [0.15, 0.2) is 30.5 Å². The molecule has 2 heterocycles. The molecular weight excluding hydrogens is 262 g/mol. The molecule has 0 aliphatic heterocycles. The van der Waals surface area contributed by atoms with E-state index in [9.17, 15) is 0 Å². The molecule has 1 saturated carbocycles. The average molecular weight is 283 g/mol. The Morgan fingerprint density at radius 2 is 1.90 bits per heavy atom. The first kappa shape index (κ1) is 13.8. The van der Waals surface area contributed by atoms with Crippen LogP contribution in [0.2, 0.25) is 0 Å². The Morgan fingerprint density at radius 1 is 1.05 bits per heavy atom. The quantitative estimate of drug-likeness (QED) is 0.896. The fourth-order valence-electron chi connectivity index (χ4n) is 2.71. The van der Waals surface area contributed by atoms with Crippen LogP contribution in [0.25, 0.3) is 0 Å². The van der Waals surface area contributed by atoms with E-state index in [1.165, 1.54) is 32.1 Å². The minimum atomic E-state index is 0.538. The van der Waals surface area contributed by atoms with Crippen LogP contribution < -0.4 is 10.6 Å². The molecule has 0 bridgehead atoms. The van der Waals surface area contributed by atoms with Gasteiger partial charge in [0.15, 0.2) is 0 Å². The Bertz CT molecular complexity index is 578. The topological polar surface area (TPSA) is 62.7 Å². The van der Waals surface area contributed by atoms with Gasteiger partial charge in [-0.15, -0.1) is 0 Å². The lowest BCUT2D eigenvalue weighted by Gasteiger charge is -2.23. The molecule has 1 aliphatic rings. The van der Waals surface area contributed by atoms with Crippen LogP contribution in [0, 0.1) is 6.92 Å². The van der Waals surface area contributed by atoms with E-state index in [1.54, 1.807) is 6.20 Å². The molecule has 1 aliphatic carbocycles. The molecule has 0 saturated heterocycles. The molecule has 110 valence electrons. The number of rotatable bonds is 4. The first-order chi connectivity index (χ1) is 10.3. The van der Waals surface area contributed by atoms with Crippen molar-refractivity contribution in [3.05, 3.63) is 36.2 Å². The van der Waals surface area contributed by atoms with Crippen LogP contribution in [0.5, 0.6) is 0 Å². The number of nitrogens with zero attached hydrogens (tertiary/aromatic N) is 3. The third-order valence-corrected chi connectivity index (χ3v) is 3.72. The summed E-state index contributed by atoms with van der Waals surface area (Å²) in [6.07, 6.45) is 8.17. The van der Waals surface area contributed by atoms with Crippen molar-refractivity contribution in [3.63, 3.8) is 0 Å².